The largest absolute Gasteiger partial charge is 0.355 e. The average Bonchev–Trinajstić information content (AvgIpc) is 3.00. The highest BCUT2D eigenvalue weighted by atomic mass is 16.5. The van der Waals surface area contributed by atoms with Gasteiger partial charge >= 0.3 is 0 Å². The van der Waals surface area contributed by atoms with Crippen LogP contribution in [0.5, 0.6) is 0 Å². The summed E-state index contributed by atoms with van der Waals surface area (Å²) >= 11 is 0. The summed E-state index contributed by atoms with van der Waals surface area (Å²) in [5.41, 5.74) is 3.13. The lowest BCUT2D eigenvalue weighted by molar-refractivity contribution is 0.0937. The summed E-state index contributed by atoms with van der Waals surface area (Å²) in [6.45, 7) is 13.4. The topological polar surface area (TPSA) is 58.4 Å². The van der Waals surface area contributed by atoms with Crippen molar-refractivity contribution in [3.8, 4) is 11.3 Å². The maximum absolute atomic E-state index is 12.8. The first-order chi connectivity index (χ1) is 12.5. The predicted molar refractivity (Wildman–Crippen MR) is 105 cm³/mol. The molecule has 1 unspecified atom stereocenters. The van der Waals surface area contributed by atoms with E-state index in [1.807, 2.05) is 38.1 Å². The molecule has 0 aliphatic rings. The molecule has 1 heterocycles. The van der Waals surface area contributed by atoms with Crippen LogP contribution >= 0.6 is 0 Å². The molecule has 5 heteroatoms. The summed E-state index contributed by atoms with van der Waals surface area (Å²) < 4.78 is 5.49. The van der Waals surface area contributed by atoms with Crippen molar-refractivity contribution < 1.29 is 9.32 Å². The molecule has 0 saturated heterocycles. The second-order valence-corrected chi connectivity index (χ2v) is 6.83. The summed E-state index contributed by atoms with van der Waals surface area (Å²) in [6, 6.07) is 7.99. The third-order valence-corrected chi connectivity index (χ3v) is 4.86. The van der Waals surface area contributed by atoms with Gasteiger partial charge in [-0.25, -0.2) is 0 Å². The Kier molecular flexibility index (Phi) is 7.39. The standard InChI is InChI=1S/C21H31N3O2/c1-6-24(7-2)14-10-12-16(4)22-21(25)19-17(5)23-26-20(19)18-13-9-8-11-15(18)3/h8-9,11,13,16H,6-7,10,12,14H2,1-5H3,(H,22,25). The molecule has 0 aliphatic carbocycles. The van der Waals surface area contributed by atoms with Crippen molar-refractivity contribution in [3.05, 3.63) is 41.1 Å². The minimum atomic E-state index is -0.114. The third-order valence-electron chi connectivity index (χ3n) is 4.86. The lowest BCUT2D eigenvalue weighted by Gasteiger charge is -2.19. The molecule has 142 valence electrons. The van der Waals surface area contributed by atoms with Crippen LogP contribution in [0.3, 0.4) is 0 Å². The summed E-state index contributed by atoms with van der Waals surface area (Å²) in [5.74, 6) is 0.436. The van der Waals surface area contributed by atoms with Crippen LogP contribution in [0.2, 0.25) is 0 Å². The molecule has 1 atom stereocenters. The van der Waals surface area contributed by atoms with E-state index in [1.54, 1.807) is 0 Å². The van der Waals surface area contributed by atoms with Crippen LogP contribution in [0.4, 0.5) is 0 Å². The number of aromatic nitrogens is 1. The molecule has 2 aromatic rings. The van der Waals surface area contributed by atoms with Gasteiger partial charge in [0.2, 0.25) is 0 Å². The van der Waals surface area contributed by atoms with Crippen molar-refractivity contribution in [2.45, 2.75) is 53.5 Å². The number of aryl methyl sites for hydroxylation is 2. The fraction of sp³-hybridized carbons (Fsp3) is 0.524. The second-order valence-electron chi connectivity index (χ2n) is 6.83. The summed E-state index contributed by atoms with van der Waals surface area (Å²) in [4.78, 5) is 15.2. The lowest BCUT2D eigenvalue weighted by Crippen LogP contribution is -2.34. The van der Waals surface area contributed by atoms with Gasteiger partial charge in [0, 0.05) is 11.6 Å². The molecule has 0 fully saturated rings. The molecule has 1 aromatic carbocycles. The van der Waals surface area contributed by atoms with Gasteiger partial charge in [-0.1, -0.05) is 43.3 Å². The van der Waals surface area contributed by atoms with Gasteiger partial charge in [-0.05, 0) is 58.8 Å². The van der Waals surface area contributed by atoms with Crippen LogP contribution in [-0.2, 0) is 0 Å². The van der Waals surface area contributed by atoms with E-state index in [-0.39, 0.29) is 11.9 Å². The molecule has 1 N–H and O–H groups in total. The van der Waals surface area contributed by atoms with Gasteiger partial charge < -0.3 is 14.7 Å². The molecular weight excluding hydrogens is 326 g/mol. The first-order valence-electron chi connectivity index (χ1n) is 9.53. The molecule has 2 rings (SSSR count). The Bertz CT molecular complexity index is 720. The van der Waals surface area contributed by atoms with E-state index >= 15 is 0 Å². The van der Waals surface area contributed by atoms with Crippen molar-refractivity contribution in [3.63, 3.8) is 0 Å². The monoisotopic (exact) mass is 357 g/mol. The van der Waals surface area contributed by atoms with Crippen molar-refractivity contribution >= 4 is 5.91 Å². The Morgan fingerprint density at radius 3 is 2.58 bits per heavy atom. The zero-order valence-corrected chi connectivity index (χ0v) is 16.6. The van der Waals surface area contributed by atoms with Crippen LogP contribution in [0.25, 0.3) is 11.3 Å². The van der Waals surface area contributed by atoms with Crippen LogP contribution < -0.4 is 5.32 Å². The fourth-order valence-electron chi connectivity index (χ4n) is 3.18. The Morgan fingerprint density at radius 2 is 1.92 bits per heavy atom. The minimum absolute atomic E-state index is 0.108. The van der Waals surface area contributed by atoms with E-state index in [4.69, 9.17) is 4.52 Å². The van der Waals surface area contributed by atoms with Gasteiger partial charge in [-0.15, -0.1) is 0 Å². The Morgan fingerprint density at radius 1 is 1.23 bits per heavy atom. The maximum Gasteiger partial charge on any atom is 0.257 e. The molecule has 0 aliphatic heterocycles. The third kappa shape index (κ3) is 4.94. The van der Waals surface area contributed by atoms with Crippen molar-refractivity contribution in [1.82, 2.24) is 15.4 Å². The van der Waals surface area contributed by atoms with Crippen molar-refractivity contribution in [2.75, 3.05) is 19.6 Å². The first-order valence-corrected chi connectivity index (χ1v) is 9.53. The zero-order valence-electron chi connectivity index (χ0n) is 16.6. The highest BCUT2D eigenvalue weighted by Gasteiger charge is 2.23. The van der Waals surface area contributed by atoms with Crippen molar-refractivity contribution in [2.24, 2.45) is 0 Å². The second kappa shape index (κ2) is 9.53. The Balaban J connectivity index is 2.04. The van der Waals surface area contributed by atoms with E-state index in [0.717, 1.165) is 43.6 Å². The van der Waals surface area contributed by atoms with Gasteiger partial charge in [0.1, 0.15) is 5.56 Å². The smallest absolute Gasteiger partial charge is 0.257 e. The van der Waals surface area contributed by atoms with Gasteiger partial charge in [-0.3, -0.25) is 4.79 Å². The lowest BCUT2D eigenvalue weighted by atomic mass is 10.0. The molecule has 0 saturated carbocycles. The SMILES string of the molecule is CCN(CC)CCCC(C)NC(=O)c1c(C)noc1-c1ccccc1C. The first kappa shape index (κ1) is 20.2. The number of benzene rings is 1. The summed E-state index contributed by atoms with van der Waals surface area (Å²) in [5, 5.41) is 7.13. The quantitative estimate of drug-likeness (QED) is 0.731. The van der Waals surface area contributed by atoms with E-state index in [0.29, 0.717) is 17.0 Å². The number of carbonyl (C=O) groups excluding carboxylic acids is 1. The highest BCUT2D eigenvalue weighted by Crippen LogP contribution is 2.28. The molecular formula is C21H31N3O2. The van der Waals surface area contributed by atoms with Crippen LogP contribution in [0.15, 0.2) is 28.8 Å². The average molecular weight is 357 g/mol. The van der Waals surface area contributed by atoms with Crippen LogP contribution in [-0.4, -0.2) is 41.6 Å². The summed E-state index contributed by atoms with van der Waals surface area (Å²) in [7, 11) is 0. The van der Waals surface area contributed by atoms with E-state index in [9.17, 15) is 4.79 Å². The Labute approximate surface area is 156 Å². The Hall–Kier alpha value is -2.14. The fourth-order valence-corrected chi connectivity index (χ4v) is 3.18. The molecule has 0 radical (unpaired) electrons. The van der Waals surface area contributed by atoms with Crippen LogP contribution in [0, 0.1) is 13.8 Å². The predicted octanol–water partition coefficient (Wildman–Crippen LogP) is 4.20. The number of amides is 1. The zero-order chi connectivity index (χ0) is 19.1. The van der Waals surface area contributed by atoms with E-state index in [2.05, 4.69) is 36.1 Å². The van der Waals surface area contributed by atoms with E-state index < -0.39 is 0 Å². The van der Waals surface area contributed by atoms with Crippen LogP contribution in [0.1, 0.15) is 55.2 Å². The van der Waals surface area contributed by atoms with Crippen molar-refractivity contribution in [1.29, 1.82) is 0 Å². The molecule has 1 aromatic heterocycles. The summed E-state index contributed by atoms with van der Waals surface area (Å²) in [6.07, 6.45) is 2.02. The number of nitrogens with zero attached hydrogens (tertiary/aromatic N) is 2. The van der Waals surface area contributed by atoms with Gasteiger partial charge in [0.15, 0.2) is 5.76 Å². The van der Waals surface area contributed by atoms with E-state index in [1.165, 1.54) is 0 Å². The molecule has 26 heavy (non-hydrogen) atoms. The highest BCUT2D eigenvalue weighted by molar-refractivity contribution is 6.00. The molecule has 1 amide bonds. The molecule has 5 nitrogen and oxygen atoms in total. The number of rotatable bonds is 9. The van der Waals surface area contributed by atoms with Gasteiger partial charge in [-0.2, -0.15) is 0 Å². The van der Waals surface area contributed by atoms with Gasteiger partial charge in [0.05, 0.1) is 5.69 Å². The molecule has 0 spiro atoms. The number of nitrogens with one attached hydrogen (secondary N) is 1. The normalized spacial score (nSPS) is 12.4. The number of hydrogen-bond donors (Lipinski definition) is 1. The molecule has 0 bridgehead atoms. The maximum atomic E-state index is 12.8. The minimum Gasteiger partial charge on any atom is -0.355 e. The number of carbonyl (C=O) groups is 1. The number of hydrogen-bond acceptors (Lipinski definition) is 4. The van der Waals surface area contributed by atoms with Gasteiger partial charge in [0.25, 0.3) is 5.91 Å².